The number of carbonyl (C=O) groups is 1. The normalized spacial score (nSPS) is 18.4. The first kappa shape index (κ1) is 15.0. The van der Waals surface area contributed by atoms with Gasteiger partial charge in [0.25, 0.3) is 0 Å². The third-order valence-electron chi connectivity index (χ3n) is 4.60. The van der Waals surface area contributed by atoms with E-state index >= 15 is 0 Å². The van der Waals surface area contributed by atoms with E-state index in [0.717, 1.165) is 31.4 Å². The van der Waals surface area contributed by atoms with Gasteiger partial charge in [0.05, 0.1) is 5.41 Å². The van der Waals surface area contributed by atoms with Crippen LogP contribution in [-0.4, -0.2) is 19.5 Å². The number of nitrogens with two attached hydrogens (primary N) is 1. The second-order valence-electron chi connectivity index (χ2n) is 6.10. The zero-order valence-corrected chi connectivity index (χ0v) is 12.7. The minimum atomic E-state index is -0.352. The number of hydrogen-bond acceptors (Lipinski definition) is 2. The van der Waals surface area contributed by atoms with Crippen LogP contribution in [0.15, 0.2) is 24.3 Å². The number of nitrogens with zero attached hydrogens (tertiary/aromatic N) is 1. The molecular weight excluding hydrogens is 248 g/mol. The van der Waals surface area contributed by atoms with Crippen molar-refractivity contribution < 1.29 is 4.79 Å². The summed E-state index contributed by atoms with van der Waals surface area (Å²) in [6.45, 7) is 2.51. The predicted octanol–water partition coefficient (Wildman–Crippen LogP) is 3.26. The zero-order valence-electron chi connectivity index (χ0n) is 12.7. The van der Waals surface area contributed by atoms with Gasteiger partial charge in [-0.25, -0.2) is 0 Å². The Kier molecular flexibility index (Phi) is 4.81. The summed E-state index contributed by atoms with van der Waals surface area (Å²) < 4.78 is 0. The lowest BCUT2D eigenvalue weighted by Crippen LogP contribution is -2.46. The summed E-state index contributed by atoms with van der Waals surface area (Å²) in [4.78, 5) is 14.8. The quantitative estimate of drug-likeness (QED) is 0.860. The Labute approximate surface area is 122 Å². The van der Waals surface area contributed by atoms with Crippen molar-refractivity contribution in [2.75, 3.05) is 18.5 Å². The summed E-state index contributed by atoms with van der Waals surface area (Å²) in [6.07, 6.45) is 6.54. The summed E-state index contributed by atoms with van der Waals surface area (Å²) in [7, 11) is 1.87. The summed E-state index contributed by atoms with van der Waals surface area (Å²) >= 11 is 0. The van der Waals surface area contributed by atoms with Crippen molar-refractivity contribution >= 4 is 11.6 Å². The van der Waals surface area contributed by atoms with Gasteiger partial charge in [-0.05, 0) is 37.5 Å². The Balaban J connectivity index is 2.23. The molecule has 1 aromatic carbocycles. The van der Waals surface area contributed by atoms with E-state index < -0.39 is 0 Å². The van der Waals surface area contributed by atoms with Crippen LogP contribution >= 0.6 is 0 Å². The Bertz CT molecular complexity index is 462. The van der Waals surface area contributed by atoms with Crippen LogP contribution in [0.25, 0.3) is 0 Å². The molecule has 0 unspecified atom stereocenters. The fourth-order valence-electron chi connectivity index (χ4n) is 3.22. The van der Waals surface area contributed by atoms with E-state index in [1.807, 2.05) is 32.2 Å². The molecule has 0 radical (unpaired) electrons. The van der Waals surface area contributed by atoms with Crippen LogP contribution in [0.3, 0.4) is 0 Å². The van der Waals surface area contributed by atoms with Gasteiger partial charge < -0.3 is 10.6 Å². The molecule has 0 saturated heterocycles. The SMILES string of the molecule is Cc1cccc(N(C)C(=O)C2(CN)CCCCCC2)c1. The number of aryl methyl sites for hydroxylation is 1. The summed E-state index contributed by atoms with van der Waals surface area (Å²) in [5.74, 6) is 0.188. The minimum Gasteiger partial charge on any atom is -0.329 e. The van der Waals surface area contributed by atoms with Gasteiger partial charge in [-0.1, -0.05) is 37.8 Å². The molecular formula is C17H26N2O. The Morgan fingerprint density at radius 3 is 2.45 bits per heavy atom. The van der Waals surface area contributed by atoms with E-state index in [9.17, 15) is 4.79 Å². The molecule has 1 amide bonds. The monoisotopic (exact) mass is 274 g/mol. The molecule has 0 heterocycles. The number of benzene rings is 1. The number of rotatable bonds is 3. The molecule has 1 aliphatic rings. The third-order valence-corrected chi connectivity index (χ3v) is 4.60. The highest BCUT2D eigenvalue weighted by molar-refractivity contribution is 5.97. The highest BCUT2D eigenvalue weighted by Gasteiger charge is 2.39. The molecule has 2 N–H and O–H groups in total. The summed E-state index contributed by atoms with van der Waals surface area (Å²) in [5.41, 5.74) is 7.79. The van der Waals surface area contributed by atoms with Gasteiger partial charge in [0.15, 0.2) is 0 Å². The van der Waals surface area contributed by atoms with Crippen molar-refractivity contribution in [1.29, 1.82) is 0 Å². The molecule has 3 nitrogen and oxygen atoms in total. The van der Waals surface area contributed by atoms with Crippen molar-refractivity contribution in [1.82, 2.24) is 0 Å². The molecule has 1 saturated carbocycles. The molecule has 0 aromatic heterocycles. The van der Waals surface area contributed by atoms with Gasteiger partial charge >= 0.3 is 0 Å². The molecule has 0 bridgehead atoms. The third kappa shape index (κ3) is 3.04. The number of carbonyl (C=O) groups excluding carboxylic acids is 1. The van der Waals surface area contributed by atoms with E-state index in [4.69, 9.17) is 5.73 Å². The Morgan fingerprint density at radius 1 is 1.25 bits per heavy atom. The second-order valence-corrected chi connectivity index (χ2v) is 6.10. The van der Waals surface area contributed by atoms with Crippen molar-refractivity contribution in [2.24, 2.45) is 11.1 Å². The average Bonchev–Trinajstić information content (AvgIpc) is 2.72. The van der Waals surface area contributed by atoms with Crippen LogP contribution in [-0.2, 0) is 4.79 Å². The maximum atomic E-state index is 13.0. The minimum absolute atomic E-state index is 0.188. The van der Waals surface area contributed by atoms with Gasteiger partial charge in [0.2, 0.25) is 5.91 Å². The summed E-state index contributed by atoms with van der Waals surface area (Å²) in [5, 5.41) is 0. The molecule has 3 heteroatoms. The number of anilines is 1. The van der Waals surface area contributed by atoms with Gasteiger partial charge in [-0.3, -0.25) is 4.79 Å². The maximum absolute atomic E-state index is 13.0. The molecule has 1 fully saturated rings. The van der Waals surface area contributed by atoms with Crippen LogP contribution < -0.4 is 10.6 Å². The van der Waals surface area contributed by atoms with Crippen molar-refractivity contribution in [3.05, 3.63) is 29.8 Å². The van der Waals surface area contributed by atoms with Gasteiger partial charge in [0, 0.05) is 19.3 Å². The predicted molar refractivity (Wildman–Crippen MR) is 83.8 cm³/mol. The molecule has 0 spiro atoms. The molecule has 110 valence electrons. The van der Waals surface area contributed by atoms with Crippen LogP contribution in [0, 0.1) is 12.3 Å². The molecule has 20 heavy (non-hydrogen) atoms. The molecule has 2 rings (SSSR count). The van der Waals surface area contributed by atoms with Crippen LogP contribution in [0.4, 0.5) is 5.69 Å². The topological polar surface area (TPSA) is 46.3 Å². The lowest BCUT2D eigenvalue weighted by atomic mass is 9.79. The smallest absolute Gasteiger partial charge is 0.234 e. The van der Waals surface area contributed by atoms with Crippen LogP contribution in [0.2, 0.25) is 0 Å². The first-order chi connectivity index (χ1) is 9.59. The average molecular weight is 274 g/mol. The van der Waals surface area contributed by atoms with E-state index in [2.05, 4.69) is 6.07 Å². The Morgan fingerprint density at radius 2 is 1.90 bits per heavy atom. The zero-order chi connectivity index (χ0) is 14.6. The van der Waals surface area contributed by atoms with Crippen LogP contribution in [0.5, 0.6) is 0 Å². The van der Waals surface area contributed by atoms with E-state index in [0.29, 0.717) is 6.54 Å². The van der Waals surface area contributed by atoms with Crippen molar-refractivity contribution in [3.8, 4) is 0 Å². The largest absolute Gasteiger partial charge is 0.329 e. The molecule has 1 aliphatic carbocycles. The first-order valence-corrected chi connectivity index (χ1v) is 7.64. The summed E-state index contributed by atoms with van der Waals surface area (Å²) in [6, 6.07) is 8.09. The first-order valence-electron chi connectivity index (χ1n) is 7.64. The standard InChI is InChI=1S/C17H26N2O/c1-14-8-7-9-15(12-14)19(2)16(20)17(13-18)10-5-3-4-6-11-17/h7-9,12H,3-6,10-11,13,18H2,1-2H3. The highest BCUT2D eigenvalue weighted by Crippen LogP contribution is 2.36. The fraction of sp³-hybridized carbons (Fsp3) is 0.588. The lowest BCUT2D eigenvalue weighted by molar-refractivity contribution is -0.128. The number of hydrogen-bond donors (Lipinski definition) is 1. The van der Waals surface area contributed by atoms with Gasteiger partial charge in [-0.2, -0.15) is 0 Å². The van der Waals surface area contributed by atoms with E-state index in [1.54, 1.807) is 4.90 Å². The molecule has 0 atom stereocenters. The maximum Gasteiger partial charge on any atom is 0.234 e. The Hall–Kier alpha value is -1.35. The van der Waals surface area contributed by atoms with Gasteiger partial charge in [0.1, 0.15) is 0 Å². The molecule has 1 aromatic rings. The van der Waals surface area contributed by atoms with E-state index in [1.165, 1.54) is 18.4 Å². The van der Waals surface area contributed by atoms with Crippen molar-refractivity contribution in [3.63, 3.8) is 0 Å². The molecule has 0 aliphatic heterocycles. The lowest BCUT2D eigenvalue weighted by Gasteiger charge is -2.34. The second kappa shape index (κ2) is 6.40. The van der Waals surface area contributed by atoms with Crippen LogP contribution in [0.1, 0.15) is 44.1 Å². The van der Waals surface area contributed by atoms with Gasteiger partial charge in [-0.15, -0.1) is 0 Å². The number of amides is 1. The fourth-order valence-corrected chi connectivity index (χ4v) is 3.22. The van der Waals surface area contributed by atoms with E-state index in [-0.39, 0.29) is 11.3 Å². The highest BCUT2D eigenvalue weighted by atomic mass is 16.2. The van der Waals surface area contributed by atoms with Crippen molar-refractivity contribution in [2.45, 2.75) is 45.4 Å².